The Morgan fingerprint density at radius 2 is 1.97 bits per heavy atom. The molecule has 2 rings (SSSR count). The topological polar surface area (TPSA) is 130 Å². The Labute approximate surface area is 214 Å². The monoisotopic (exact) mass is 505 g/mol. The lowest BCUT2D eigenvalue weighted by Gasteiger charge is -2.35. The third-order valence-corrected chi connectivity index (χ3v) is 7.37. The summed E-state index contributed by atoms with van der Waals surface area (Å²) in [5.41, 5.74) is 1.16. The van der Waals surface area contributed by atoms with Gasteiger partial charge in [0.15, 0.2) is 0 Å². The van der Waals surface area contributed by atoms with Crippen molar-refractivity contribution in [1.29, 1.82) is 0 Å². The van der Waals surface area contributed by atoms with Crippen LogP contribution in [0.3, 0.4) is 0 Å². The molecule has 1 aromatic rings. The van der Waals surface area contributed by atoms with E-state index < -0.39 is 35.6 Å². The molecule has 1 aliphatic rings. The summed E-state index contributed by atoms with van der Waals surface area (Å²) in [6, 6.07) is 0. The number of Topliss-reactive ketones (excluding diaryl/α,β-unsaturated/α-hetero) is 1. The van der Waals surface area contributed by atoms with E-state index in [1.807, 2.05) is 33.8 Å². The summed E-state index contributed by atoms with van der Waals surface area (Å²) in [5.74, 6) is -1.35. The fourth-order valence-corrected chi connectivity index (χ4v) is 4.64. The molecule has 0 amide bonds. The van der Waals surface area contributed by atoms with E-state index in [0.717, 1.165) is 30.4 Å². The summed E-state index contributed by atoms with van der Waals surface area (Å²) in [4.78, 5) is 30.4. The standard InChI is InChI=1S/C28H43NO7/c1-7-21-26(33)18(3)10-8-9-17(2)11-12-22(19(4)13-20-16-35-24(15-30)29-20)36-25(32)14-23(31)28(5,6)27(21)34/h11,13,16,18,21-23,26,30-31,33H,7-10,12,14-15H2,1-6H3/t18-,21+,22-,23-,26-/m0/s1. The maximum Gasteiger partial charge on any atom is 0.309 e. The van der Waals surface area contributed by atoms with Gasteiger partial charge in [-0.1, -0.05) is 39.3 Å². The number of nitrogens with zero attached hydrogens (tertiary/aromatic N) is 1. The number of cyclic esters (lactones) is 1. The lowest BCUT2D eigenvalue weighted by atomic mass is 9.71. The largest absolute Gasteiger partial charge is 0.457 e. The van der Waals surface area contributed by atoms with E-state index >= 15 is 0 Å². The number of aromatic nitrogens is 1. The van der Waals surface area contributed by atoms with Crippen LogP contribution in [0.1, 0.15) is 91.7 Å². The van der Waals surface area contributed by atoms with Crippen molar-refractivity contribution in [3.63, 3.8) is 0 Å². The van der Waals surface area contributed by atoms with Crippen LogP contribution in [-0.2, 0) is 20.9 Å². The molecule has 1 aliphatic heterocycles. The number of carbonyl (C=O) groups excluding carboxylic acids is 2. The number of ether oxygens (including phenoxy) is 1. The Morgan fingerprint density at radius 3 is 2.58 bits per heavy atom. The second-order valence-electron chi connectivity index (χ2n) is 10.7. The van der Waals surface area contributed by atoms with Crippen LogP contribution in [0.15, 0.2) is 27.9 Å². The molecule has 0 aliphatic carbocycles. The van der Waals surface area contributed by atoms with Gasteiger partial charge in [0.25, 0.3) is 0 Å². The van der Waals surface area contributed by atoms with E-state index in [1.165, 1.54) is 6.26 Å². The number of allylic oxidation sites excluding steroid dienone is 1. The van der Waals surface area contributed by atoms with Crippen molar-refractivity contribution in [3.8, 4) is 0 Å². The molecule has 0 aromatic carbocycles. The zero-order chi connectivity index (χ0) is 27.0. The lowest BCUT2D eigenvalue weighted by molar-refractivity contribution is -0.154. The number of esters is 1. The molecule has 202 valence electrons. The fourth-order valence-electron chi connectivity index (χ4n) is 4.64. The van der Waals surface area contributed by atoms with Gasteiger partial charge in [0, 0.05) is 12.3 Å². The van der Waals surface area contributed by atoms with E-state index in [4.69, 9.17) is 9.15 Å². The van der Waals surface area contributed by atoms with Gasteiger partial charge in [-0.3, -0.25) is 9.59 Å². The Balaban J connectivity index is 2.35. The minimum absolute atomic E-state index is 0.0679. The number of oxazole rings is 1. The molecular formula is C28H43NO7. The minimum Gasteiger partial charge on any atom is -0.457 e. The highest BCUT2D eigenvalue weighted by atomic mass is 16.5. The zero-order valence-electron chi connectivity index (χ0n) is 22.5. The quantitative estimate of drug-likeness (QED) is 0.406. The molecule has 0 saturated carbocycles. The average Bonchev–Trinajstić information content (AvgIpc) is 3.28. The maximum atomic E-state index is 13.4. The second-order valence-corrected chi connectivity index (χ2v) is 10.7. The minimum atomic E-state index is -1.26. The van der Waals surface area contributed by atoms with Crippen molar-refractivity contribution in [3.05, 3.63) is 35.1 Å². The third kappa shape index (κ3) is 7.85. The van der Waals surface area contributed by atoms with Gasteiger partial charge in [-0.25, -0.2) is 4.98 Å². The average molecular weight is 506 g/mol. The summed E-state index contributed by atoms with van der Waals surface area (Å²) in [6.07, 6.45) is 5.57. The van der Waals surface area contributed by atoms with Crippen molar-refractivity contribution >= 4 is 17.8 Å². The molecule has 0 saturated heterocycles. The highest BCUT2D eigenvalue weighted by molar-refractivity contribution is 5.88. The normalized spacial score (nSPS) is 29.5. The molecule has 3 N–H and O–H groups in total. The van der Waals surface area contributed by atoms with Crippen LogP contribution in [0.5, 0.6) is 0 Å². The number of hydrogen-bond acceptors (Lipinski definition) is 8. The first kappa shape index (κ1) is 29.9. The fraction of sp³-hybridized carbons (Fsp3) is 0.679. The lowest BCUT2D eigenvalue weighted by Crippen LogP contribution is -2.46. The van der Waals surface area contributed by atoms with E-state index in [0.29, 0.717) is 18.5 Å². The summed E-state index contributed by atoms with van der Waals surface area (Å²) < 4.78 is 10.9. The van der Waals surface area contributed by atoms with Gasteiger partial charge < -0.3 is 24.5 Å². The summed E-state index contributed by atoms with van der Waals surface area (Å²) in [5, 5.41) is 31.0. The summed E-state index contributed by atoms with van der Waals surface area (Å²) in [6.45, 7) is 10.6. The Morgan fingerprint density at radius 1 is 1.28 bits per heavy atom. The van der Waals surface area contributed by atoms with Crippen LogP contribution in [0.25, 0.3) is 6.08 Å². The Hall–Kier alpha value is -2.29. The zero-order valence-corrected chi connectivity index (χ0v) is 22.5. The van der Waals surface area contributed by atoms with Gasteiger partial charge in [-0.05, 0) is 57.1 Å². The van der Waals surface area contributed by atoms with E-state index in [1.54, 1.807) is 19.9 Å². The first-order valence-corrected chi connectivity index (χ1v) is 12.9. The van der Waals surface area contributed by atoms with Gasteiger partial charge >= 0.3 is 5.97 Å². The van der Waals surface area contributed by atoms with Gasteiger partial charge in [0.2, 0.25) is 5.89 Å². The molecule has 0 spiro atoms. The molecule has 0 fully saturated rings. The molecule has 0 unspecified atom stereocenters. The van der Waals surface area contributed by atoms with Gasteiger partial charge in [-0.15, -0.1) is 0 Å². The van der Waals surface area contributed by atoms with Crippen molar-refractivity contribution in [2.45, 2.75) is 105 Å². The van der Waals surface area contributed by atoms with Gasteiger partial charge in [-0.2, -0.15) is 0 Å². The number of aliphatic hydroxyl groups excluding tert-OH is 3. The predicted octanol–water partition coefficient (Wildman–Crippen LogP) is 4.37. The molecular weight excluding hydrogens is 462 g/mol. The van der Waals surface area contributed by atoms with Crippen LogP contribution >= 0.6 is 0 Å². The van der Waals surface area contributed by atoms with Crippen molar-refractivity contribution < 1.29 is 34.1 Å². The first-order valence-electron chi connectivity index (χ1n) is 12.9. The third-order valence-electron chi connectivity index (χ3n) is 7.37. The van der Waals surface area contributed by atoms with Crippen molar-refractivity contribution in [1.82, 2.24) is 4.98 Å². The summed E-state index contributed by atoms with van der Waals surface area (Å²) >= 11 is 0. The number of hydrogen-bond donors (Lipinski definition) is 3. The number of carbonyl (C=O) groups is 2. The van der Waals surface area contributed by atoms with Crippen molar-refractivity contribution in [2.75, 3.05) is 0 Å². The van der Waals surface area contributed by atoms with Crippen LogP contribution in [-0.4, -0.2) is 50.4 Å². The van der Waals surface area contributed by atoms with Crippen LogP contribution in [0, 0.1) is 17.3 Å². The van der Waals surface area contributed by atoms with Gasteiger partial charge in [0.1, 0.15) is 30.5 Å². The van der Waals surface area contributed by atoms with Gasteiger partial charge in [0.05, 0.1) is 24.0 Å². The number of ketones is 1. The first-order chi connectivity index (χ1) is 16.9. The summed E-state index contributed by atoms with van der Waals surface area (Å²) in [7, 11) is 0. The molecule has 2 heterocycles. The van der Waals surface area contributed by atoms with Crippen LogP contribution in [0.2, 0.25) is 0 Å². The smallest absolute Gasteiger partial charge is 0.309 e. The van der Waals surface area contributed by atoms with Crippen molar-refractivity contribution in [2.24, 2.45) is 17.3 Å². The van der Waals surface area contributed by atoms with E-state index in [9.17, 15) is 24.9 Å². The highest BCUT2D eigenvalue weighted by Crippen LogP contribution is 2.34. The SMILES string of the molecule is CC[C@H]1C(=O)C(C)(C)[C@@H](O)CC(=O)O[C@H](C(C)=Cc2coc(CO)n2)CC=C(C)CCC[C@H](C)[C@@H]1O. The van der Waals surface area contributed by atoms with Crippen LogP contribution < -0.4 is 0 Å². The molecule has 0 bridgehead atoms. The molecule has 8 heteroatoms. The molecule has 0 radical (unpaired) electrons. The Kier molecular flexibility index (Phi) is 11.1. The number of rotatable bonds is 4. The molecule has 36 heavy (non-hydrogen) atoms. The second kappa shape index (κ2) is 13.3. The maximum absolute atomic E-state index is 13.4. The highest BCUT2D eigenvalue weighted by Gasteiger charge is 2.43. The Bertz CT molecular complexity index is 945. The van der Waals surface area contributed by atoms with E-state index in [2.05, 4.69) is 4.98 Å². The predicted molar refractivity (Wildman–Crippen MR) is 137 cm³/mol. The molecule has 5 atom stereocenters. The van der Waals surface area contributed by atoms with E-state index in [-0.39, 0.29) is 30.6 Å². The molecule has 1 aromatic heterocycles. The molecule has 8 nitrogen and oxygen atoms in total. The number of aliphatic hydroxyl groups is 3. The van der Waals surface area contributed by atoms with Crippen LogP contribution in [0.4, 0.5) is 0 Å².